The van der Waals surface area contributed by atoms with Crippen LogP contribution in [0.15, 0.2) is 0 Å². The van der Waals surface area contributed by atoms with Gasteiger partial charge in [-0.1, -0.05) is 219 Å². The standard InChI is InChI=1S/C42H85NO2.K/c1-3-5-7-9-11-13-15-17-19-21-23-25-27-29-31-33-35-39-43(41-37-38-42(44)45)40-36-34-32-30-28-26-24-22-20-18-16-14-12-10-8-6-4-2;/h3-41H2,1-2H3,(H,44,45);/q;+1/p-1. The van der Waals surface area contributed by atoms with E-state index >= 15 is 0 Å². The predicted octanol–water partition coefficient (Wildman–Crippen LogP) is 10.1. The number of hydrogen-bond acceptors (Lipinski definition) is 3. The van der Waals surface area contributed by atoms with E-state index in [-0.39, 0.29) is 57.8 Å². The fourth-order valence-electron chi connectivity index (χ4n) is 6.90. The maximum absolute atomic E-state index is 10.9. The summed E-state index contributed by atoms with van der Waals surface area (Å²) in [7, 11) is 0. The Morgan fingerprint density at radius 1 is 0.348 bits per heavy atom. The van der Waals surface area contributed by atoms with Crippen molar-refractivity contribution in [2.75, 3.05) is 19.6 Å². The van der Waals surface area contributed by atoms with Gasteiger partial charge in [0.15, 0.2) is 0 Å². The quantitative estimate of drug-likeness (QED) is 0.0480. The van der Waals surface area contributed by atoms with Gasteiger partial charge in [-0.3, -0.25) is 0 Å². The number of hydrogen-bond donors (Lipinski definition) is 0. The van der Waals surface area contributed by atoms with Gasteiger partial charge in [0.2, 0.25) is 0 Å². The molecule has 0 aliphatic heterocycles. The van der Waals surface area contributed by atoms with Crippen LogP contribution in [0.2, 0.25) is 0 Å². The van der Waals surface area contributed by atoms with E-state index in [0.29, 0.717) is 0 Å². The second-order valence-corrected chi connectivity index (χ2v) is 14.6. The van der Waals surface area contributed by atoms with Crippen molar-refractivity contribution < 1.29 is 61.3 Å². The molecular formula is C42H84KNO2. The van der Waals surface area contributed by atoms with Crippen molar-refractivity contribution >= 4 is 5.97 Å². The van der Waals surface area contributed by atoms with E-state index in [2.05, 4.69) is 18.7 Å². The average Bonchev–Trinajstić information content (AvgIpc) is 3.03. The number of unbranched alkanes of at least 4 members (excludes halogenated alkanes) is 32. The zero-order valence-electron chi connectivity index (χ0n) is 32.3. The number of carboxylic acids is 1. The molecule has 270 valence electrons. The van der Waals surface area contributed by atoms with Crippen LogP contribution in [0.25, 0.3) is 0 Å². The maximum atomic E-state index is 10.9. The molecule has 0 saturated heterocycles. The first-order valence-corrected chi connectivity index (χ1v) is 21.1. The number of carbonyl (C=O) groups is 1. The molecule has 0 fully saturated rings. The first-order chi connectivity index (χ1) is 22.2. The van der Waals surface area contributed by atoms with Gasteiger partial charge in [-0.15, -0.1) is 0 Å². The van der Waals surface area contributed by atoms with Crippen molar-refractivity contribution in [1.29, 1.82) is 0 Å². The van der Waals surface area contributed by atoms with Crippen LogP contribution < -0.4 is 56.5 Å². The first kappa shape index (κ1) is 49.2. The molecule has 0 aliphatic carbocycles. The molecule has 0 unspecified atom stereocenters. The van der Waals surface area contributed by atoms with Crippen LogP contribution in [0, 0.1) is 0 Å². The summed E-state index contributed by atoms with van der Waals surface area (Å²) in [6, 6.07) is 0. The van der Waals surface area contributed by atoms with E-state index < -0.39 is 5.97 Å². The molecule has 0 spiro atoms. The molecule has 0 aromatic rings. The van der Waals surface area contributed by atoms with Crippen molar-refractivity contribution in [3.63, 3.8) is 0 Å². The van der Waals surface area contributed by atoms with E-state index in [4.69, 9.17) is 0 Å². The maximum Gasteiger partial charge on any atom is 1.00 e. The zero-order valence-corrected chi connectivity index (χ0v) is 35.5. The van der Waals surface area contributed by atoms with Gasteiger partial charge in [-0.2, -0.15) is 0 Å². The van der Waals surface area contributed by atoms with Crippen LogP contribution in [0.1, 0.15) is 245 Å². The molecule has 0 saturated carbocycles. The summed E-state index contributed by atoms with van der Waals surface area (Å²) in [5, 5.41) is 10.9. The van der Waals surface area contributed by atoms with Crippen LogP contribution >= 0.6 is 0 Å². The van der Waals surface area contributed by atoms with E-state index in [9.17, 15) is 9.90 Å². The molecule has 0 amide bonds. The second kappa shape index (κ2) is 44.1. The number of aliphatic carboxylic acids is 1. The van der Waals surface area contributed by atoms with Crippen LogP contribution in [-0.4, -0.2) is 30.5 Å². The number of carbonyl (C=O) groups excluding carboxylic acids is 1. The fraction of sp³-hybridized carbons (Fsp3) is 0.976. The summed E-state index contributed by atoms with van der Waals surface area (Å²) in [5.41, 5.74) is 0. The van der Waals surface area contributed by atoms with E-state index in [1.54, 1.807) is 0 Å². The number of carboxylic acid groups (broad SMARTS) is 1. The normalized spacial score (nSPS) is 11.4. The monoisotopic (exact) mass is 674 g/mol. The molecule has 0 aromatic carbocycles. The van der Waals surface area contributed by atoms with Gasteiger partial charge < -0.3 is 14.8 Å². The molecule has 3 nitrogen and oxygen atoms in total. The van der Waals surface area contributed by atoms with Gasteiger partial charge in [-0.05, 0) is 45.3 Å². The Morgan fingerprint density at radius 2 is 0.543 bits per heavy atom. The van der Waals surface area contributed by atoms with Crippen molar-refractivity contribution in [3.8, 4) is 0 Å². The Labute approximate surface area is 333 Å². The van der Waals surface area contributed by atoms with Crippen LogP contribution in [0.4, 0.5) is 0 Å². The van der Waals surface area contributed by atoms with E-state index in [1.165, 1.54) is 218 Å². The average molecular weight is 674 g/mol. The Hall–Kier alpha value is 1.07. The summed E-state index contributed by atoms with van der Waals surface area (Å²) < 4.78 is 0. The van der Waals surface area contributed by atoms with Gasteiger partial charge in [0.25, 0.3) is 0 Å². The van der Waals surface area contributed by atoms with Crippen molar-refractivity contribution in [2.24, 2.45) is 0 Å². The summed E-state index contributed by atoms with van der Waals surface area (Å²) in [6.45, 7) is 7.80. The Balaban J connectivity index is 0. The molecule has 0 N–H and O–H groups in total. The van der Waals surface area contributed by atoms with Gasteiger partial charge in [-0.25, -0.2) is 0 Å². The second-order valence-electron chi connectivity index (χ2n) is 14.6. The molecule has 0 aliphatic rings. The first-order valence-electron chi connectivity index (χ1n) is 21.1. The minimum atomic E-state index is -0.898. The number of nitrogens with zero attached hydrogens (tertiary/aromatic N) is 1. The molecule has 46 heavy (non-hydrogen) atoms. The molecule has 0 bridgehead atoms. The van der Waals surface area contributed by atoms with Crippen molar-refractivity contribution in [2.45, 2.75) is 245 Å². The van der Waals surface area contributed by atoms with Crippen LogP contribution in [-0.2, 0) is 4.79 Å². The largest absolute Gasteiger partial charge is 1.00 e. The van der Waals surface area contributed by atoms with Gasteiger partial charge in [0.1, 0.15) is 0 Å². The third-order valence-corrected chi connectivity index (χ3v) is 10.0. The Bertz CT molecular complexity index is 520. The molecule has 0 atom stereocenters. The summed E-state index contributed by atoms with van der Waals surface area (Å²) in [5.74, 6) is -0.898. The summed E-state index contributed by atoms with van der Waals surface area (Å²) >= 11 is 0. The van der Waals surface area contributed by atoms with Gasteiger partial charge in [0, 0.05) is 5.97 Å². The van der Waals surface area contributed by atoms with E-state index in [0.717, 1.165) is 26.1 Å². The van der Waals surface area contributed by atoms with Crippen molar-refractivity contribution in [1.82, 2.24) is 4.90 Å². The SMILES string of the molecule is CCCCCCCCCCCCCCCCCCCN(CCCCCCCCCCCCCCCCCCC)CCCC(=O)[O-].[K+]. The summed E-state index contributed by atoms with van der Waals surface area (Å²) in [6.07, 6.45) is 48.9. The molecular weight excluding hydrogens is 590 g/mol. The molecule has 0 heterocycles. The third kappa shape index (κ3) is 43.1. The molecule has 0 aromatic heterocycles. The topological polar surface area (TPSA) is 43.4 Å². The number of rotatable bonds is 40. The molecule has 0 rings (SSSR count). The van der Waals surface area contributed by atoms with E-state index in [1.807, 2.05) is 0 Å². The Morgan fingerprint density at radius 3 is 0.761 bits per heavy atom. The van der Waals surface area contributed by atoms with Crippen LogP contribution in [0.3, 0.4) is 0 Å². The Kier molecular flexibility index (Phi) is 47.1. The molecule has 4 heteroatoms. The third-order valence-electron chi connectivity index (χ3n) is 10.0. The van der Waals surface area contributed by atoms with Crippen LogP contribution in [0.5, 0.6) is 0 Å². The van der Waals surface area contributed by atoms with Crippen molar-refractivity contribution in [3.05, 3.63) is 0 Å². The molecule has 0 radical (unpaired) electrons. The zero-order chi connectivity index (χ0) is 32.7. The summed E-state index contributed by atoms with van der Waals surface area (Å²) in [4.78, 5) is 13.4. The predicted molar refractivity (Wildman–Crippen MR) is 199 cm³/mol. The fourth-order valence-corrected chi connectivity index (χ4v) is 6.90. The minimum Gasteiger partial charge on any atom is -0.550 e. The van der Waals surface area contributed by atoms with Gasteiger partial charge in [0.05, 0.1) is 0 Å². The smallest absolute Gasteiger partial charge is 0.550 e. The van der Waals surface area contributed by atoms with Gasteiger partial charge >= 0.3 is 51.4 Å². The minimum absolute atomic E-state index is 0.